The summed E-state index contributed by atoms with van der Waals surface area (Å²) in [6.07, 6.45) is 9.14. The molecule has 1 heteroatoms. The van der Waals surface area contributed by atoms with E-state index in [1.54, 1.807) is 0 Å². The molecule has 0 aromatic rings. The van der Waals surface area contributed by atoms with Crippen LogP contribution >= 0.6 is 0 Å². The van der Waals surface area contributed by atoms with Crippen molar-refractivity contribution in [2.45, 2.75) is 38.5 Å². The van der Waals surface area contributed by atoms with Crippen LogP contribution in [0.4, 0.5) is 0 Å². The Bertz CT molecular complexity index is 138. The van der Waals surface area contributed by atoms with Gasteiger partial charge in [-0.25, -0.2) is 0 Å². The molecule has 1 nitrogen and oxygen atoms in total. The first-order valence-electron chi connectivity index (χ1n) is 5.08. The molecule has 0 amide bonds. The van der Waals surface area contributed by atoms with E-state index in [0.717, 1.165) is 10.8 Å². The van der Waals surface area contributed by atoms with Gasteiger partial charge in [0.05, 0.1) is 0 Å². The van der Waals surface area contributed by atoms with E-state index in [4.69, 9.17) is 0 Å². The third-order valence-electron chi connectivity index (χ3n) is 4.67. The van der Waals surface area contributed by atoms with Crippen LogP contribution in [0.25, 0.3) is 0 Å². The maximum atomic E-state index is 3.61. The van der Waals surface area contributed by atoms with Gasteiger partial charge in [-0.2, -0.15) is 0 Å². The zero-order valence-electron chi connectivity index (χ0n) is 7.16. The molecule has 1 aliphatic heterocycles. The summed E-state index contributed by atoms with van der Waals surface area (Å²) in [5.74, 6) is 0. The molecular formula is C10H17N. The van der Waals surface area contributed by atoms with Gasteiger partial charge in [0, 0.05) is 13.1 Å². The smallest absolute Gasteiger partial charge is 0.00138 e. The summed E-state index contributed by atoms with van der Waals surface area (Å²) in [7, 11) is 0. The van der Waals surface area contributed by atoms with Gasteiger partial charge in [0.1, 0.15) is 0 Å². The number of rotatable bonds is 0. The summed E-state index contributed by atoms with van der Waals surface area (Å²) in [5.41, 5.74) is 1.57. The molecule has 2 aliphatic carbocycles. The van der Waals surface area contributed by atoms with Crippen LogP contribution in [0.15, 0.2) is 0 Å². The fourth-order valence-corrected chi connectivity index (χ4v) is 4.11. The lowest BCUT2D eigenvalue weighted by Gasteiger charge is -2.32. The van der Waals surface area contributed by atoms with Gasteiger partial charge in [-0.3, -0.25) is 0 Å². The maximum absolute atomic E-state index is 3.61. The van der Waals surface area contributed by atoms with Gasteiger partial charge in [0.25, 0.3) is 0 Å². The van der Waals surface area contributed by atoms with E-state index in [0.29, 0.717) is 0 Å². The van der Waals surface area contributed by atoms with Crippen molar-refractivity contribution < 1.29 is 0 Å². The Morgan fingerprint density at radius 2 is 1.18 bits per heavy atom. The fraction of sp³-hybridized carbons (Fsp3) is 1.00. The maximum Gasteiger partial charge on any atom is 0.00138 e. The van der Waals surface area contributed by atoms with Gasteiger partial charge in [-0.1, -0.05) is 12.8 Å². The minimum absolute atomic E-state index is 0.785. The quantitative estimate of drug-likeness (QED) is 0.558. The standard InChI is InChI=1S/C10H17N/c1-3-9-5-2-6-10(9,4-1)8-11-7-9/h11H,1-8H2. The van der Waals surface area contributed by atoms with E-state index >= 15 is 0 Å². The van der Waals surface area contributed by atoms with Gasteiger partial charge in [0.15, 0.2) is 0 Å². The van der Waals surface area contributed by atoms with Crippen LogP contribution < -0.4 is 5.32 Å². The lowest BCUT2D eigenvalue weighted by molar-refractivity contribution is 0.184. The topological polar surface area (TPSA) is 12.0 Å². The number of hydrogen-bond acceptors (Lipinski definition) is 1. The Hall–Kier alpha value is -0.0400. The molecule has 0 spiro atoms. The molecule has 0 aromatic carbocycles. The Morgan fingerprint density at radius 1 is 0.727 bits per heavy atom. The van der Waals surface area contributed by atoms with Crippen molar-refractivity contribution in [2.75, 3.05) is 13.1 Å². The van der Waals surface area contributed by atoms with Crippen LogP contribution in [0.3, 0.4) is 0 Å². The van der Waals surface area contributed by atoms with Crippen LogP contribution in [0.5, 0.6) is 0 Å². The van der Waals surface area contributed by atoms with Gasteiger partial charge < -0.3 is 5.32 Å². The SMILES string of the molecule is C1CC23CCCC2(C1)CNC3. The lowest BCUT2D eigenvalue weighted by atomic mass is 9.71. The molecule has 1 heterocycles. The zero-order chi connectivity index (χ0) is 7.36. The van der Waals surface area contributed by atoms with Crippen molar-refractivity contribution in [2.24, 2.45) is 10.8 Å². The number of nitrogens with one attached hydrogen (secondary N) is 1. The van der Waals surface area contributed by atoms with Crippen LogP contribution in [0.2, 0.25) is 0 Å². The second kappa shape index (κ2) is 1.82. The van der Waals surface area contributed by atoms with Crippen molar-refractivity contribution >= 4 is 0 Å². The molecule has 0 bridgehead atoms. The molecule has 0 radical (unpaired) electrons. The third kappa shape index (κ3) is 0.581. The molecule has 3 aliphatic rings. The van der Waals surface area contributed by atoms with Crippen LogP contribution in [-0.2, 0) is 0 Å². The van der Waals surface area contributed by atoms with Crippen molar-refractivity contribution in [1.82, 2.24) is 5.32 Å². The van der Waals surface area contributed by atoms with Gasteiger partial charge in [0.2, 0.25) is 0 Å². The normalized spacial score (nSPS) is 54.5. The molecular weight excluding hydrogens is 134 g/mol. The van der Waals surface area contributed by atoms with E-state index in [2.05, 4.69) is 5.32 Å². The van der Waals surface area contributed by atoms with E-state index in [1.807, 2.05) is 0 Å². The fourth-order valence-electron chi connectivity index (χ4n) is 4.11. The molecule has 0 aromatic heterocycles. The minimum Gasteiger partial charge on any atom is -0.316 e. The number of hydrogen-bond donors (Lipinski definition) is 1. The predicted octanol–water partition coefficient (Wildman–Crippen LogP) is 1.93. The molecule has 0 unspecified atom stereocenters. The molecule has 1 saturated heterocycles. The van der Waals surface area contributed by atoms with Gasteiger partial charge in [-0.15, -0.1) is 0 Å². The largest absolute Gasteiger partial charge is 0.316 e. The van der Waals surface area contributed by atoms with E-state index in [-0.39, 0.29) is 0 Å². The Labute approximate surface area is 68.6 Å². The highest BCUT2D eigenvalue weighted by atomic mass is 15.0. The Balaban J connectivity index is 2.06. The summed E-state index contributed by atoms with van der Waals surface area (Å²) < 4.78 is 0. The van der Waals surface area contributed by atoms with Gasteiger partial charge >= 0.3 is 0 Å². The second-order valence-corrected chi connectivity index (χ2v) is 4.87. The summed E-state index contributed by atoms with van der Waals surface area (Å²) in [6.45, 7) is 2.68. The molecule has 3 fully saturated rings. The third-order valence-corrected chi connectivity index (χ3v) is 4.67. The average Bonchev–Trinajstić information content (AvgIpc) is 2.40. The highest BCUT2D eigenvalue weighted by Crippen LogP contribution is 2.64. The molecule has 3 rings (SSSR count). The van der Waals surface area contributed by atoms with Crippen molar-refractivity contribution in [3.8, 4) is 0 Å². The van der Waals surface area contributed by atoms with E-state index in [1.165, 1.54) is 51.6 Å². The first kappa shape index (κ1) is 6.47. The average molecular weight is 151 g/mol. The first-order chi connectivity index (χ1) is 5.37. The van der Waals surface area contributed by atoms with Crippen molar-refractivity contribution in [3.05, 3.63) is 0 Å². The van der Waals surface area contributed by atoms with Crippen LogP contribution in [0.1, 0.15) is 38.5 Å². The minimum atomic E-state index is 0.785. The van der Waals surface area contributed by atoms with Crippen molar-refractivity contribution in [3.63, 3.8) is 0 Å². The summed E-state index contributed by atoms with van der Waals surface area (Å²) in [6, 6.07) is 0. The van der Waals surface area contributed by atoms with E-state index < -0.39 is 0 Å². The molecule has 2 saturated carbocycles. The van der Waals surface area contributed by atoms with Crippen LogP contribution in [-0.4, -0.2) is 13.1 Å². The van der Waals surface area contributed by atoms with Crippen LogP contribution in [0, 0.1) is 10.8 Å². The summed E-state index contributed by atoms with van der Waals surface area (Å²) in [5, 5.41) is 3.61. The summed E-state index contributed by atoms with van der Waals surface area (Å²) in [4.78, 5) is 0. The molecule has 62 valence electrons. The summed E-state index contributed by atoms with van der Waals surface area (Å²) >= 11 is 0. The zero-order valence-corrected chi connectivity index (χ0v) is 7.16. The van der Waals surface area contributed by atoms with Crippen molar-refractivity contribution in [1.29, 1.82) is 0 Å². The second-order valence-electron chi connectivity index (χ2n) is 4.87. The molecule has 11 heavy (non-hydrogen) atoms. The monoisotopic (exact) mass is 151 g/mol. The molecule has 0 atom stereocenters. The highest BCUT2D eigenvalue weighted by molar-refractivity contribution is 5.12. The molecule has 1 N–H and O–H groups in total. The lowest BCUT2D eigenvalue weighted by Crippen LogP contribution is -2.30. The highest BCUT2D eigenvalue weighted by Gasteiger charge is 2.59. The Kier molecular flexibility index (Phi) is 1.07. The predicted molar refractivity (Wildman–Crippen MR) is 45.4 cm³/mol. The first-order valence-corrected chi connectivity index (χ1v) is 5.08. The van der Waals surface area contributed by atoms with Gasteiger partial charge in [-0.05, 0) is 36.5 Å². The Morgan fingerprint density at radius 3 is 1.64 bits per heavy atom. The van der Waals surface area contributed by atoms with E-state index in [9.17, 15) is 0 Å².